The van der Waals surface area contributed by atoms with Crippen molar-refractivity contribution in [3.8, 4) is 23.0 Å². The first-order chi connectivity index (χ1) is 12.1. The first-order valence-corrected chi connectivity index (χ1v) is 8.00. The predicted molar refractivity (Wildman–Crippen MR) is 86.5 cm³/mol. The maximum absolute atomic E-state index is 13.0. The van der Waals surface area contributed by atoms with E-state index in [0.717, 1.165) is 12.8 Å². The standard InChI is InChI=1S/C18H16FN3O3/c1-18(8-2-10-23-18)17-22-21-16(25-17)14-7-9-20-11-15(14)24-13-5-3-12(19)4-6-13/h3-7,9,11H,2,8,10H2,1H3. The molecule has 0 bridgehead atoms. The lowest BCUT2D eigenvalue weighted by Crippen LogP contribution is -2.20. The molecule has 25 heavy (non-hydrogen) atoms. The monoisotopic (exact) mass is 341 g/mol. The minimum atomic E-state index is -0.545. The molecule has 0 spiro atoms. The van der Waals surface area contributed by atoms with Gasteiger partial charge in [0.15, 0.2) is 5.75 Å². The third kappa shape index (κ3) is 3.10. The Labute approximate surface area is 143 Å². The molecule has 3 heterocycles. The topological polar surface area (TPSA) is 70.3 Å². The SMILES string of the molecule is CC1(c2nnc(-c3ccncc3Oc3ccc(F)cc3)o2)CCCO1. The van der Waals surface area contributed by atoms with Crippen molar-refractivity contribution < 1.29 is 18.3 Å². The van der Waals surface area contributed by atoms with E-state index in [-0.39, 0.29) is 5.82 Å². The molecule has 0 N–H and O–H groups in total. The number of nitrogens with zero attached hydrogens (tertiary/aromatic N) is 3. The molecule has 1 saturated heterocycles. The molecule has 1 aliphatic rings. The molecule has 1 unspecified atom stereocenters. The number of pyridine rings is 1. The second-order valence-electron chi connectivity index (χ2n) is 6.02. The average molecular weight is 341 g/mol. The Balaban J connectivity index is 1.65. The predicted octanol–water partition coefficient (Wildman–Crippen LogP) is 4.09. The Morgan fingerprint density at radius 2 is 2.00 bits per heavy atom. The minimum absolute atomic E-state index is 0.325. The van der Waals surface area contributed by atoms with Gasteiger partial charge in [-0.25, -0.2) is 4.39 Å². The lowest BCUT2D eigenvalue weighted by Gasteiger charge is -2.17. The highest BCUT2D eigenvalue weighted by atomic mass is 19.1. The Morgan fingerprint density at radius 1 is 1.16 bits per heavy atom. The van der Waals surface area contributed by atoms with Crippen molar-refractivity contribution in [2.45, 2.75) is 25.4 Å². The van der Waals surface area contributed by atoms with Gasteiger partial charge in [-0.05, 0) is 50.1 Å². The Morgan fingerprint density at radius 3 is 2.76 bits per heavy atom. The molecule has 2 aromatic heterocycles. The lowest BCUT2D eigenvalue weighted by molar-refractivity contribution is -0.00503. The van der Waals surface area contributed by atoms with E-state index in [0.29, 0.717) is 35.5 Å². The van der Waals surface area contributed by atoms with Crippen LogP contribution in [-0.2, 0) is 10.3 Å². The van der Waals surface area contributed by atoms with Crippen LogP contribution < -0.4 is 4.74 Å². The smallest absolute Gasteiger partial charge is 0.251 e. The molecular formula is C18H16FN3O3. The normalized spacial score (nSPS) is 19.9. The fourth-order valence-corrected chi connectivity index (χ4v) is 2.76. The van der Waals surface area contributed by atoms with Gasteiger partial charge in [-0.2, -0.15) is 0 Å². The van der Waals surface area contributed by atoms with E-state index in [4.69, 9.17) is 13.9 Å². The van der Waals surface area contributed by atoms with E-state index in [9.17, 15) is 4.39 Å². The van der Waals surface area contributed by atoms with Gasteiger partial charge in [0, 0.05) is 12.8 Å². The molecule has 7 heteroatoms. The molecule has 6 nitrogen and oxygen atoms in total. The number of ether oxygens (including phenoxy) is 2. The summed E-state index contributed by atoms with van der Waals surface area (Å²) in [5, 5.41) is 8.27. The summed E-state index contributed by atoms with van der Waals surface area (Å²) in [6.45, 7) is 2.63. The zero-order chi connectivity index (χ0) is 17.3. The van der Waals surface area contributed by atoms with Crippen molar-refractivity contribution >= 4 is 0 Å². The summed E-state index contributed by atoms with van der Waals surface area (Å²) in [5.41, 5.74) is 0.0654. The van der Waals surface area contributed by atoms with Crippen molar-refractivity contribution in [3.05, 3.63) is 54.4 Å². The van der Waals surface area contributed by atoms with Gasteiger partial charge in [-0.3, -0.25) is 4.98 Å². The van der Waals surface area contributed by atoms with Gasteiger partial charge < -0.3 is 13.9 Å². The van der Waals surface area contributed by atoms with Gasteiger partial charge in [0.05, 0.1) is 11.8 Å². The van der Waals surface area contributed by atoms with Crippen LogP contribution in [0.2, 0.25) is 0 Å². The number of hydrogen-bond donors (Lipinski definition) is 0. The van der Waals surface area contributed by atoms with Gasteiger partial charge in [-0.1, -0.05) is 0 Å². The van der Waals surface area contributed by atoms with Crippen LogP contribution in [0.4, 0.5) is 4.39 Å². The fourth-order valence-electron chi connectivity index (χ4n) is 2.76. The van der Waals surface area contributed by atoms with Crippen LogP contribution in [-0.4, -0.2) is 21.8 Å². The van der Waals surface area contributed by atoms with Gasteiger partial charge in [-0.15, -0.1) is 10.2 Å². The van der Waals surface area contributed by atoms with Crippen molar-refractivity contribution in [2.24, 2.45) is 0 Å². The summed E-state index contributed by atoms with van der Waals surface area (Å²) < 4.78 is 30.4. The van der Waals surface area contributed by atoms with E-state index >= 15 is 0 Å². The molecular weight excluding hydrogens is 325 g/mol. The van der Waals surface area contributed by atoms with Crippen LogP contribution in [0.15, 0.2) is 47.1 Å². The van der Waals surface area contributed by atoms with Crippen molar-refractivity contribution in [1.29, 1.82) is 0 Å². The molecule has 0 amide bonds. The summed E-state index contributed by atoms with van der Waals surface area (Å²) in [4.78, 5) is 4.07. The molecule has 0 aliphatic carbocycles. The highest BCUT2D eigenvalue weighted by Crippen LogP contribution is 2.37. The number of halogens is 1. The fraction of sp³-hybridized carbons (Fsp3) is 0.278. The average Bonchev–Trinajstić information content (AvgIpc) is 3.28. The molecule has 128 valence electrons. The first-order valence-electron chi connectivity index (χ1n) is 8.00. The van der Waals surface area contributed by atoms with Crippen LogP contribution in [0.3, 0.4) is 0 Å². The maximum Gasteiger partial charge on any atom is 0.251 e. The number of benzene rings is 1. The third-order valence-corrected chi connectivity index (χ3v) is 4.15. The van der Waals surface area contributed by atoms with Crippen molar-refractivity contribution in [3.63, 3.8) is 0 Å². The maximum atomic E-state index is 13.0. The van der Waals surface area contributed by atoms with E-state index < -0.39 is 5.60 Å². The molecule has 1 aliphatic heterocycles. The van der Waals surface area contributed by atoms with Gasteiger partial charge in [0.2, 0.25) is 5.89 Å². The Hall–Kier alpha value is -2.80. The van der Waals surface area contributed by atoms with Crippen LogP contribution in [0.1, 0.15) is 25.7 Å². The lowest BCUT2D eigenvalue weighted by atomic mass is 10.0. The summed E-state index contributed by atoms with van der Waals surface area (Å²) in [6, 6.07) is 7.47. The largest absolute Gasteiger partial charge is 0.455 e. The van der Waals surface area contributed by atoms with Crippen molar-refractivity contribution in [1.82, 2.24) is 15.2 Å². The van der Waals surface area contributed by atoms with Gasteiger partial charge in [0.1, 0.15) is 17.2 Å². The third-order valence-electron chi connectivity index (χ3n) is 4.15. The van der Waals surface area contributed by atoms with E-state index in [1.54, 1.807) is 30.6 Å². The quantitative estimate of drug-likeness (QED) is 0.712. The molecule has 0 saturated carbocycles. The highest BCUT2D eigenvalue weighted by Gasteiger charge is 2.37. The van der Waals surface area contributed by atoms with E-state index in [1.165, 1.54) is 12.1 Å². The summed E-state index contributed by atoms with van der Waals surface area (Å²) in [7, 11) is 0. The first kappa shape index (κ1) is 15.7. The van der Waals surface area contributed by atoms with E-state index in [1.807, 2.05) is 6.92 Å². The second kappa shape index (κ2) is 6.25. The van der Waals surface area contributed by atoms with Crippen LogP contribution in [0.5, 0.6) is 11.5 Å². The molecule has 1 aromatic carbocycles. The summed E-state index contributed by atoms with van der Waals surface area (Å²) in [6.07, 6.45) is 4.97. The Kier molecular flexibility index (Phi) is 3.93. The van der Waals surface area contributed by atoms with Gasteiger partial charge >= 0.3 is 0 Å². The number of hydrogen-bond acceptors (Lipinski definition) is 6. The zero-order valence-corrected chi connectivity index (χ0v) is 13.6. The van der Waals surface area contributed by atoms with Crippen LogP contribution >= 0.6 is 0 Å². The second-order valence-corrected chi connectivity index (χ2v) is 6.02. The number of aromatic nitrogens is 3. The molecule has 4 rings (SSSR count). The van der Waals surface area contributed by atoms with E-state index in [2.05, 4.69) is 15.2 Å². The Bertz CT molecular complexity index is 873. The minimum Gasteiger partial charge on any atom is -0.455 e. The van der Waals surface area contributed by atoms with Gasteiger partial charge in [0.25, 0.3) is 5.89 Å². The van der Waals surface area contributed by atoms with Crippen molar-refractivity contribution in [2.75, 3.05) is 6.61 Å². The number of rotatable bonds is 4. The van der Waals surface area contributed by atoms with Crippen LogP contribution in [0, 0.1) is 5.82 Å². The summed E-state index contributed by atoms with van der Waals surface area (Å²) >= 11 is 0. The van der Waals surface area contributed by atoms with Crippen LogP contribution in [0.25, 0.3) is 11.5 Å². The summed E-state index contributed by atoms with van der Waals surface area (Å²) in [5.74, 6) is 1.38. The molecule has 0 radical (unpaired) electrons. The zero-order valence-electron chi connectivity index (χ0n) is 13.6. The highest BCUT2D eigenvalue weighted by molar-refractivity contribution is 5.62. The molecule has 3 aromatic rings. The molecule has 1 fully saturated rings. The molecule has 1 atom stereocenters.